The quantitative estimate of drug-likeness (QED) is 0.458. The van der Waals surface area contributed by atoms with Gasteiger partial charge < -0.3 is 9.90 Å². The van der Waals surface area contributed by atoms with Gasteiger partial charge in [-0.25, -0.2) is 0 Å². The summed E-state index contributed by atoms with van der Waals surface area (Å²) < 4.78 is 0. The molecule has 0 bridgehead atoms. The summed E-state index contributed by atoms with van der Waals surface area (Å²) in [6.45, 7) is 0. The molecule has 1 atom stereocenters. The van der Waals surface area contributed by atoms with E-state index in [-0.39, 0.29) is 0 Å². The Morgan fingerprint density at radius 3 is 2.56 bits per heavy atom. The number of aliphatic carboxylic acids is 1. The molecule has 0 aliphatic carbocycles. The first kappa shape index (κ1) is 8.49. The highest BCUT2D eigenvalue weighted by atomic mass is 32.2. The van der Waals surface area contributed by atoms with Gasteiger partial charge in [-0.2, -0.15) is 11.8 Å². The van der Waals surface area contributed by atoms with Crippen LogP contribution >= 0.6 is 11.8 Å². The molecule has 1 unspecified atom stereocenters. The van der Waals surface area contributed by atoms with Gasteiger partial charge in [-0.15, -0.1) is 0 Å². The van der Waals surface area contributed by atoms with Crippen molar-refractivity contribution in [2.45, 2.75) is 0 Å². The van der Waals surface area contributed by atoms with E-state index in [2.05, 4.69) is 0 Å². The Kier molecular flexibility index (Phi) is 4.13. The third kappa shape index (κ3) is 3.13. The monoisotopic (exact) mass is 148 g/mol. The van der Waals surface area contributed by atoms with Gasteiger partial charge in [-0.1, -0.05) is 0 Å². The van der Waals surface area contributed by atoms with Crippen molar-refractivity contribution >= 4 is 24.0 Å². The van der Waals surface area contributed by atoms with E-state index < -0.39 is 11.9 Å². The molecular formula is C5H8O3S. The van der Waals surface area contributed by atoms with E-state index in [9.17, 15) is 9.59 Å². The Bertz CT molecular complexity index is 113. The van der Waals surface area contributed by atoms with Crippen LogP contribution in [0.3, 0.4) is 0 Å². The lowest BCUT2D eigenvalue weighted by atomic mass is 10.2. The zero-order valence-corrected chi connectivity index (χ0v) is 5.85. The number of carboxylic acid groups (broad SMARTS) is 1. The Labute approximate surface area is 57.4 Å². The molecule has 0 saturated carbocycles. The van der Waals surface area contributed by atoms with Crippen LogP contribution in [0.5, 0.6) is 0 Å². The minimum Gasteiger partial charge on any atom is -0.481 e. The summed E-state index contributed by atoms with van der Waals surface area (Å²) in [5, 5.41) is 8.26. The molecule has 0 aromatic rings. The SMILES string of the molecule is CSCC(C=O)C(=O)O. The zero-order valence-electron chi connectivity index (χ0n) is 5.03. The molecule has 0 saturated heterocycles. The fourth-order valence-electron chi connectivity index (χ4n) is 0.348. The van der Waals surface area contributed by atoms with Gasteiger partial charge in [0.1, 0.15) is 12.2 Å². The first-order chi connectivity index (χ1) is 4.22. The van der Waals surface area contributed by atoms with Crippen molar-refractivity contribution in [3.63, 3.8) is 0 Å². The number of rotatable bonds is 4. The van der Waals surface area contributed by atoms with E-state index in [1.165, 1.54) is 11.8 Å². The van der Waals surface area contributed by atoms with Gasteiger partial charge in [0.2, 0.25) is 0 Å². The van der Waals surface area contributed by atoms with Gasteiger partial charge in [0.25, 0.3) is 0 Å². The van der Waals surface area contributed by atoms with Gasteiger partial charge in [-0.05, 0) is 6.26 Å². The van der Waals surface area contributed by atoms with Crippen molar-refractivity contribution in [2.75, 3.05) is 12.0 Å². The average molecular weight is 148 g/mol. The standard InChI is InChI=1S/C5H8O3S/c1-9-3-4(2-6)5(7)8/h2,4H,3H2,1H3,(H,7,8). The molecule has 3 nitrogen and oxygen atoms in total. The number of hydrogen-bond donors (Lipinski definition) is 1. The molecule has 0 fully saturated rings. The summed E-state index contributed by atoms with van der Waals surface area (Å²) in [6, 6.07) is 0. The molecule has 0 aromatic heterocycles. The maximum atomic E-state index is 10.1. The summed E-state index contributed by atoms with van der Waals surface area (Å²) >= 11 is 1.35. The van der Waals surface area contributed by atoms with Crippen molar-refractivity contribution < 1.29 is 14.7 Å². The van der Waals surface area contributed by atoms with Crippen molar-refractivity contribution in [1.82, 2.24) is 0 Å². The predicted octanol–water partition coefficient (Wildman–Crippen LogP) is 0.249. The van der Waals surface area contributed by atoms with Crippen LogP contribution in [-0.4, -0.2) is 29.4 Å². The highest BCUT2D eigenvalue weighted by Gasteiger charge is 2.14. The maximum absolute atomic E-state index is 10.1. The summed E-state index contributed by atoms with van der Waals surface area (Å²) in [7, 11) is 0. The smallest absolute Gasteiger partial charge is 0.314 e. The van der Waals surface area contributed by atoms with Gasteiger partial charge in [-0.3, -0.25) is 4.79 Å². The molecule has 0 radical (unpaired) electrons. The van der Waals surface area contributed by atoms with Gasteiger partial charge in [0, 0.05) is 5.75 Å². The third-order valence-electron chi connectivity index (χ3n) is 0.828. The molecule has 0 aromatic carbocycles. The molecule has 0 heterocycles. The Balaban J connectivity index is 3.68. The second-order valence-electron chi connectivity index (χ2n) is 1.54. The van der Waals surface area contributed by atoms with Gasteiger partial charge in [0.05, 0.1) is 0 Å². The highest BCUT2D eigenvalue weighted by molar-refractivity contribution is 7.98. The normalized spacial score (nSPS) is 12.6. The molecule has 0 aliphatic rings. The van der Waals surface area contributed by atoms with Crippen molar-refractivity contribution in [3.05, 3.63) is 0 Å². The molecule has 4 heteroatoms. The molecule has 0 spiro atoms. The number of hydrogen-bond acceptors (Lipinski definition) is 3. The summed E-state index contributed by atoms with van der Waals surface area (Å²) in [5.41, 5.74) is 0. The lowest BCUT2D eigenvalue weighted by Crippen LogP contribution is -2.17. The van der Waals surface area contributed by atoms with Crippen molar-refractivity contribution in [2.24, 2.45) is 5.92 Å². The fourth-order valence-corrected chi connectivity index (χ4v) is 0.929. The second-order valence-corrected chi connectivity index (χ2v) is 2.45. The molecule has 1 N–H and O–H groups in total. The number of aldehydes is 1. The molecule has 9 heavy (non-hydrogen) atoms. The minimum absolute atomic E-state index is 0.360. The summed E-state index contributed by atoms with van der Waals surface area (Å²) in [4.78, 5) is 20.0. The van der Waals surface area contributed by atoms with Crippen LogP contribution in [0.4, 0.5) is 0 Å². The molecule has 0 rings (SSSR count). The van der Waals surface area contributed by atoms with Crippen LogP contribution in [0.25, 0.3) is 0 Å². The Morgan fingerprint density at radius 2 is 2.44 bits per heavy atom. The first-order valence-corrected chi connectivity index (χ1v) is 3.78. The van der Waals surface area contributed by atoms with Crippen LogP contribution < -0.4 is 0 Å². The molecular weight excluding hydrogens is 140 g/mol. The number of carboxylic acids is 1. The fraction of sp³-hybridized carbons (Fsp3) is 0.600. The second kappa shape index (κ2) is 4.38. The van der Waals surface area contributed by atoms with Gasteiger partial charge >= 0.3 is 5.97 Å². The lowest BCUT2D eigenvalue weighted by Gasteiger charge is -1.98. The van der Waals surface area contributed by atoms with Crippen LogP contribution in [0.15, 0.2) is 0 Å². The topological polar surface area (TPSA) is 54.4 Å². The van der Waals surface area contributed by atoms with E-state index in [1.54, 1.807) is 6.26 Å². The van der Waals surface area contributed by atoms with Crippen molar-refractivity contribution in [1.29, 1.82) is 0 Å². The van der Waals surface area contributed by atoms with Crippen molar-refractivity contribution in [3.8, 4) is 0 Å². The molecule has 0 amide bonds. The lowest BCUT2D eigenvalue weighted by molar-refractivity contribution is -0.142. The van der Waals surface area contributed by atoms with E-state index >= 15 is 0 Å². The first-order valence-electron chi connectivity index (χ1n) is 2.39. The number of carbonyl (C=O) groups excluding carboxylic acids is 1. The summed E-state index contributed by atoms with van der Waals surface area (Å²) in [6.07, 6.45) is 2.22. The molecule has 52 valence electrons. The van der Waals surface area contributed by atoms with Crippen LogP contribution in [-0.2, 0) is 9.59 Å². The Morgan fingerprint density at radius 1 is 1.89 bits per heavy atom. The average Bonchev–Trinajstić information content (AvgIpc) is 1.82. The maximum Gasteiger partial charge on any atom is 0.314 e. The Hall–Kier alpha value is -0.510. The number of carbonyl (C=O) groups is 2. The largest absolute Gasteiger partial charge is 0.481 e. The zero-order chi connectivity index (χ0) is 7.28. The highest BCUT2D eigenvalue weighted by Crippen LogP contribution is 2.01. The van der Waals surface area contributed by atoms with E-state index in [1.807, 2.05) is 0 Å². The van der Waals surface area contributed by atoms with E-state index in [4.69, 9.17) is 5.11 Å². The van der Waals surface area contributed by atoms with E-state index in [0.717, 1.165) is 0 Å². The molecule has 0 aliphatic heterocycles. The predicted molar refractivity (Wildman–Crippen MR) is 35.6 cm³/mol. The number of thioether (sulfide) groups is 1. The van der Waals surface area contributed by atoms with Crippen LogP contribution in [0, 0.1) is 5.92 Å². The van der Waals surface area contributed by atoms with Crippen LogP contribution in [0.1, 0.15) is 0 Å². The summed E-state index contributed by atoms with van der Waals surface area (Å²) in [5.74, 6) is -1.52. The van der Waals surface area contributed by atoms with E-state index in [0.29, 0.717) is 12.0 Å². The minimum atomic E-state index is -1.04. The third-order valence-corrected chi connectivity index (χ3v) is 1.52. The van der Waals surface area contributed by atoms with Gasteiger partial charge in [0.15, 0.2) is 0 Å². The van der Waals surface area contributed by atoms with Crippen LogP contribution in [0.2, 0.25) is 0 Å².